The Morgan fingerprint density at radius 3 is 2.94 bits per heavy atom. The fraction of sp³-hybridized carbons (Fsp3) is 0.500. The van der Waals surface area contributed by atoms with Gasteiger partial charge in [-0.2, -0.15) is 0 Å². The third kappa shape index (κ3) is 3.16. The number of ether oxygens (including phenoxy) is 2. The summed E-state index contributed by atoms with van der Waals surface area (Å²) >= 11 is 5.94. The lowest BCUT2D eigenvalue weighted by Gasteiger charge is -2.28. The minimum Gasteiger partial charge on any atom is -0.376 e. The number of rotatable bonds is 3. The van der Waals surface area contributed by atoms with E-state index in [1.807, 2.05) is 0 Å². The van der Waals surface area contributed by atoms with Crippen LogP contribution in [-0.4, -0.2) is 32.0 Å². The van der Waals surface area contributed by atoms with E-state index in [0.717, 1.165) is 0 Å². The molecule has 0 amide bonds. The lowest BCUT2D eigenvalue weighted by atomic mass is 10.0. The van der Waals surface area contributed by atoms with Crippen molar-refractivity contribution in [3.8, 4) is 0 Å². The van der Waals surface area contributed by atoms with Gasteiger partial charge in [0.05, 0.1) is 25.9 Å². The summed E-state index contributed by atoms with van der Waals surface area (Å²) in [5, 5.41) is 0.400. The van der Waals surface area contributed by atoms with Gasteiger partial charge in [-0.3, -0.25) is 0 Å². The molecule has 0 bridgehead atoms. The van der Waals surface area contributed by atoms with E-state index in [4.69, 9.17) is 26.8 Å². The maximum absolute atomic E-state index is 13.6. The van der Waals surface area contributed by atoms with Crippen molar-refractivity contribution in [3.05, 3.63) is 34.6 Å². The van der Waals surface area contributed by atoms with Gasteiger partial charge < -0.3 is 15.2 Å². The molecule has 3 nitrogen and oxygen atoms in total. The molecule has 1 aliphatic heterocycles. The third-order valence-electron chi connectivity index (χ3n) is 2.82. The van der Waals surface area contributed by atoms with Gasteiger partial charge in [0.1, 0.15) is 5.82 Å². The van der Waals surface area contributed by atoms with E-state index in [9.17, 15) is 4.39 Å². The molecule has 2 rings (SSSR count). The summed E-state index contributed by atoms with van der Waals surface area (Å²) in [6.07, 6.45) is 0.152. The summed E-state index contributed by atoms with van der Waals surface area (Å²) in [4.78, 5) is 0. The molecule has 1 aliphatic rings. The monoisotopic (exact) mass is 259 g/mol. The van der Waals surface area contributed by atoms with Crippen molar-refractivity contribution in [3.63, 3.8) is 0 Å². The van der Waals surface area contributed by atoms with Gasteiger partial charge in [0.25, 0.3) is 0 Å². The van der Waals surface area contributed by atoms with E-state index in [0.29, 0.717) is 36.8 Å². The lowest BCUT2D eigenvalue weighted by molar-refractivity contribution is -0.0968. The van der Waals surface area contributed by atoms with Gasteiger partial charge in [-0.05, 0) is 18.6 Å². The average molecular weight is 260 g/mol. The second-order valence-corrected chi connectivity index (χ2v) is 4.46. The molecule has 5 heteroatoms. The SMILES string of the molecule is NC(Cc1c(F)cccc1Cl)C1COCCO1. The summed E-state index contributed by atoms with van der Waals surface area (Å²) < 4.78 is 24.3. The number of benzene rings is 1. The Hall–Kier alpha value is -0.680. The van der Waals surface area contributed by atoms with Crippen LogP contribution < -0.4 is 5.73 Å². The first-order valence-electron chi connectivity index (χ1n) is 5.56. The summed E-state index contributed by atoms with van der Waals surface area (Å²) in [6, 6.07) is 4.30. The Bertz CT molecular complexity index is 363. The van der Waals surface area contributed by atoms with Crippen LogP contribution in [0.25, 0.3) is 0 Å². The Balaban J connectivity index is 2.04. The van der Waals surface area contributed by atoms with Crippen LogP contribution in [0.3, 0.4) is 0 Å². The topological polar surface area (TPSA) is 44.5 Å². The smallest absolute Gasteiger partial charge is 0.127 e. The van der Waals surface area contributed by atoms with E-state index in [2.05, 4.69) is 0 Å². The second kappa shape index (κ2) is 5.78. The predicted molar refractivity (Wildman–Crippen MR) is 63.6 cm³/mol. The quantitative estimate of drug-likeness (QED) is 0.900. The molecule has 0 saturated carbocycles. The molecule has 1 heterocycles. The average Bonchev–Trinajstić information content (AvgIpc) is 2.35. The van der Waals surface area contributed by atoms with Crippen LogP contribution in [0.2, 0.25) is 5.02 Å². The van der Waals surface area contributed by atoms with Crippen molar-refractivity contribution in [1.29, 1.82) is 0 Å². The van der Waals surface area contributed by atoms with Crippen LogP contribution >= 0.6 is 11.6 Å². The first-order valence-corrected chi connectivity index (χ1v) is 5.94. The first kappa shape index (κ1) is 12.8. The van der Waals surface area contributed by atoms with Crippen molar-refractivity contribution in [2.75, 3.05) is 19.8 Å². The fourth-order valence-corrected chi connectivity index (χ4v) is 2.09. The van der Waals surface area contributed by atoms with Crippen LogP contribution in [0, 0.1) is 5.82 Å². The van der Waals surface area contributed by atoms with E-state index in [1.54, 1.807) is 12.1 Å². The third-order valence-corrected chi connectivity index (χ3v) is 3.17. The van der Waals surface area contributed by atoms with E-state index in [-0.39, 0.29) is 18.0 Å². The number of halogens is 2. The lowest BCUT2D eigenvalue weighted by Crippen LogP contribution is -2.45. The molecule has 0 spiro atoms. The molecule has 94 valence electrons. The van der Waals surface area contributed by atoms with Gasteiger partial charge in [-0.1, -0.05) is 17.7 Å². The Kier molecular flexibility index (Phi) is 4.34. The summed E-state index contributed by atoms with van der Waals surface area (Å²) in [5.41, 5.74) is 6.43. The van der Waals surface area contributed by atoms with Gasteiger partial charge in [-0.25, -0.2) is 4.39 Å². The molecule has 0 radical (unpaired) electrons. The summed E-state index contributed by atoms with van der Waals surface area (Å²) in [6.45, 7) is 1.57. The van der Waals surface area contributed by atoms with Gasteiger partial charge in [-0.15, -0.1) is 0 Å². The largest absolute Gasteiger partial charge is 0.376 e. The maximum Gasteiger partial charge on any atom is 0.127 e. The summed E-state index contributed by atoms with van der Waals surface area (Å²) in [5.74, 6) is -0.329. The van der Waals surface area contributed by atoms with Crippen molar-refractivity contribution in [2.45, 2.75) is 18.6 Å². The van der Waals surface area contributed by atoms with Gasteiger partial charge in [0.2, 0.25) is 0 Å². The molecule has 2 atom stereocenters. The van der Waals surface area contributed by atoms with Gasteiger partial charge in [0, 0.05) is 16.6 Å². The zero-order chi connectivity index (χ0) is 12.3. The molecule has 2 N–H and O–H groups in total. The highest BCUT2D eigenvalue weighted by Crippen LogP contribution is 2.21. The standard InChI is InChI=1S/C12H15ClFNO2/c13-9-2-1-3-10(14)8(9)6-11(15)12-7-16-4-5-17-12/h1-3,11-12H,4-7,15H2. The highest BCUT2D eigenvalue weighted by Gasteiger charge is 2.23. The van der Waals surface area contributed by atoms with E-state index >= 15 is 0 Å². The van der Waals surface area contributed by atoms with Crippen LogP contribution in [0.1, 0.15) is 5.56 Å². The van der Waals surface area contributed by atoms with Crippen LogP contribution in [-0.2, 0) is 15.9 Å². The highest BCUT2D eigenvalue weighted by molar-refractivity contribution is 6.31. The molecular weight excluding hydrogens is 245 g/mol. The number of hydrogen-bond donors (Lipinski definition) is 1. The first-order chi connectivity index (χ1) is 8.18. The fourth-order valence-electron chi connectivity index (χ4n) is 1.85. The highest BCUT2D eigenvalue weighted by atomic mass is 35.5. The van der Waals surface area contributed by atoms with Crippen molar-refractivity contribution < 1.29 is 13.9 Å². The van der Waals surface area contributed by atoms with Crippen molar-refractivity contribution in [2.24, 2.45) is 5.73 Å². The van der Waals surface area contributed by atoms with Crippen molar-refractivity contribution >= 4 is 11.6 Å². The zero-order valence-corrected chi connectivity index (χ0v) is 10.1. The molecule has 2 unspecified atom stereocenters. The molecule has 1 aromatic rings. The molecule has 0 aliphatic carbocycles. The number of hydrogen-bond acceptors (Lipinski definition) is 3. The Labute approximate surface area is 105 Å². The maximum atomic E-state index is 13.6. The normalized spacial score (nSPS) is 22.4. The minimum absolute atomic E-state index is 0.195. The minimum atomic E-state index is -0.329. The second-order valence-electron chi connectivity index (χ2n) is 4.05. The Morgan fingerprint density at radius 2 is 2.29 bits per heavy atom. The predicted octanol–water partition coefficient (Wildman–Crippen LogP) is 1.76. The summed E-state index contributed by atoms with van der Waals surface area (Å²) in [7, 11) is 0. The van der Waals surface area contributed by atoms with Gasteiger partial charge in [0.15, 0.2) is 0 Å². The van der Waals surface area contributed by atoms with Crippen LogP contribution in [0.4, 0.5) is 4.39 Å². The van der Waals surface area contributed by atoms with Gasteiger partial charge >= 0.3 is 0 Å². The zero-order valence-electron chi connectivity index (χ0n) is 9.36. The van der Waals surface area contributed by atoms with Crippen molar-refractivity contribution in [1.82, 2.24) is 0 Å². The Morgan fingerprint density at radius 1 is 1.47 bits per heavy atom. The van der Waals surface area contributed by atoms with E-state index < -0.39 is 0 Å². The molecule has 17 heavy (non-hydrogen) atoms. The number of nitrogens with two attached hydrogens (primary N) is 1. The van der Waals surface area contributed by atoms with E-state index in [1.165, 1.54) is 6.07 Å². The molecule has 1 fully saturated rings. The van der Waals surface area contributed by atoms with Crippen LogP contribution in [0.15, 0.2) is 18.2 Å². The van der Waals surface area contributed by atoms with Crippen LogP contribution in [0.5, 0.6) is 0 Å². The molecule has 1 saturated heterocycles. The molecule has 0 aromatic heterocycles. The molecule has 1 aromatic carbocycles. The molecular formula is C12H15ClFNO2.